The Morgan fingerprint density at radius 1 is 1.37 bits per heavy atom. The second-order valence-electron chi connectivity index (χ2n) is 4.64. The molecule has 19 heavy (non-hydrogen) atoms. The molecule has 0 aliphatic rings. The zero-order valence-corrected chi connectivity index (χ0v) is 11.8. The molecule has 0 bridgehead atoms. The Morgan fingerprint density at radius 2 is 2.00 bits per heavy atom. The number of hydrogen-bond acceptors (Lipinski definition) is 4. The number of carbonyl (C=O) groups excluding carboxylic acids is 2. The van der Waals surface area contributed by atoms with Crippen LogP contribution in [0.1, 0.15) is 29.8 Å². The van der Waals surface area contributed by atoms with Crippen LogP contribution in [0.4, 0.5) is 5.69 Å². The molecule has 1 aromatic rings. The predicted molar refractivity (Wildman–Crippen MR) is 73.8 cm³/mol. The molecule has 0 aliphatic carbocycles. The SMILES string of the molecule is COC(=O)CN(C(=O)c1cccc(C)c1N)C(C)C. The summed E-state index contributed by atoms with van der Waals surface area (Å²) in [6.07, 6.45) is 0. The zero-order valence-electron chi connectivity index (χ0n) is 11.8. The zero-order chi connectivity index (χ0) is 14.6. The van der Waals surface area contributed by atoms with Gasteiger partial charge in [-0.1, -0.05) is 12.1 Å². The highest BCUT2D eigenvalue weighted by Gasteiger charge is 2.23. The molecule has 0 fully saturated rings. The molecule has 5 nitrogen and oxygen atoms in total. The van der Waals surface area contributed by atoms with Gasteiger partial charge in [0.05, 0.1) is 12.7 Å². The number of hydrogen-bond donors (Lipinski definition) is 1. The summed E-state index contributed by atoms with van der Waals surface area (Å²) in [5, 5.41) is 0. The summed E-state index contributed by atoms with van der Waals surface area (Å²) < 4.78 is 4.61. The number of aryl methyl sites for hydroxylation is 1. The molecule has 0 aliphatic heterocycles. The highest BCUT2D eigenvalue weighted by Crippen LogP contribution is 2.19. The summed E-state index contributed by atoms with van der Waals surface area (Å²) in [6, 6.07) is 5.16. The summed E-state index contributed by atoms with van der Waals surface area (Å²) >= 11 is 0. The third-order valence-corrected chi connectivity index (χ3v) is 2.97. The third kappa shape index (κ3) is 3.47. The van der Waals surface area contributed by atoms with E-state index in [0.29, 0.717) is 11.3 Å². The van der Waals surface area contributed by atoms with Gasteiger partial charge >= 0.3 is 5.97 Å². The summed E-state index contributed by atoms with van der Waals surface area (Å²) in [5.74, 6) is -0.713. The van der Waals surface area contributed by atoms with Crippen molar-refractivity contribution in [2.75, 3.05) is 19.4 Å². The van der Waals surface area contributed by atoms with E-state index in [9.17, 15) is 9.59 Å². The number of anilines is 1. The number of ether oxygens (including phenoxy) is 1. The van der Waals surface area contributed by atoms with Crippen LogP contribution >= 0.6 is 0 Å². The molecule has 104 valence electrons. The number of nitrogen functional groups attached to an aromatic ring is 1. The van der Waals surface area contributed by atoms with E-state index in [4.69, 9.17) is 5.73 Å². The molecule has 5 heteroatoms. The fourth-order valence-electron chi connectivity index (χ4n) is 1.71. The van der Waals surface area contributed by atoms with Crippen molar-refractivity contribution in [2.24, 2.45) is 0 Å². The summed E-state index contributed by atoms with van der Waals surface area (Å²) in [5.41, 5.74) is 7.62. The lowest BCUT2D eigenvalue weighted by Gasteiger charge is -2.26. The lowest BCUT2D eigenvalue weighted by Crippen LogP contribution is -2.41. The molecule has 0 radical (unpaired) electrons. The maximum atomic E-state index is 12.4. The molecule has 0 heterocycles. The first-order chi connectivity index (χ1) is 8.88. The Balaban J connectivity index is 3.06. The number of rotatable bonds is 4. The molecule has 0 saturated carbocycles. The fraction of sp³-hybridized carbons (Fsp3) is 0.429. The Kier molecular flexibility index (Phi) is 4.92. The number of esters is 1. The van der Waals surface area contributed by atoms with E-state index in [0.717, 1.165) is 5.56 Å². The van der Waals surface area contributed by atoms with Crippen LogP contribution in [-0.4, -0.2) is 36.5 Å². The van der Waals surface area contributed by atoms with Crippen molar-refractivity contribution in [3.05, 3.63) is 29.3 Å². The minimum absolute atomic E-state index is 0.0830. The Morgan fingerprint density at radius 3 is 2.53 bits per heavy atom. The summed E-state index contributed by atoms with van der Waals surface area (Å²) in [7, 11) is 1.30. The molecule has 0 aromatic heterocycles. The topological polar surface area (TPSA) is 72.6 Å². The smallest absolute Gasteiger partial charge is 0.325 e. The third-order valence-electron chi connectivity index (χ3n) is 2.97. The van der Waals surface area contributed by atoms with Crippen LogP contribution in [0.25, 0.3) is 0 Å². The highest BCUT2D eigenvalue weighted by atomic mass is 16.5. The van der Waals surface area contributed by atoms with Crippen LogP contribution in [0.15, 0.2) is 18.2 Å². The van der Waals surface area contributed by atoms with Crippen LogP contribution < -0.4 is 5.73 Å². The first kappa shape index (κ1) is 15.0. The first-order valence-corrected chi connectivity index (χ1v) is 6.11. The van der Waals surface area contributed by atoms with Gasteiger partial charge in [0, 0.05) is 11.7 Å². The number of methoxy groups -OCH3 is 1. The molecule has 2 N–H and O–H groups in total. The summed E-state index contributed by atoms with van der Waals surface area (Å²) in [6.45, 7) is 5.44. The quantitative estimate of drug-likeness (QED) is 0.662. The van der Waals surface area contributed by atoms with E-state index >= 15 is 0 Å². The van der Waals surface area contributed by atoms with Crippen molar-refractivity contribution in [1.82, 2.24) is 4.90 Å². The highest BCUT2D eigenvalue weighted by molar-refractivity contribution is 6.01. The normalized spacial score (nSPS) is 10.4. The number of amides is 1. The maximum absolute atomic E-state index is 12.4. The second kappa shape index (κ2) is 6.22. The lowest BCUT2D eigenvalue weighted by atomic mass is 10.1. The Labute approximate surface area is 113 Å². The predicted octanol–water partition coefficient (Wildman–Crippen LogP) is 1.60. The van der Waals surface area contributed by atoms with Gasteiger partial charge in [0.15, 0.2) is 0 Å². The van der Waals surface area contributed by atoms with Gasteiger partial charge in [0.2, 0.25) is 0 Å². The second-order valence-corrected chi connectivity index (χ2v) is 4.64. The molecule has 0 atom stereocenters. The van der Waals surface area contributed by atoms with Crippen molar-refractivity contribution < 1.29 is 14.3 Å². The van der Waals surface area contributed by atoms with Crippen LogP contribution in [0.3, 0.4) is 0 Å². The van der Waals surface area contributed by atoms with Crippen molar-refractivity contribution in [1.29, 1.82) is 0 Å². The minimum atomic E-state index is -0.451. The lowest BCUT2D eigenvalue weighted by molar-refractivity contribution is -0.141. The number of nitrogens with zero attached hydrogens (tertiary/aromatic N) is 1. The minimum Gasteiger partial charge on any atom is -0.468 e. The van der Waals surface area contributed by atoms with Crippen LogP contribution in [0.5, 0.6) is 0 Å². The maximum Gasteiger partial charge on any atom is 0.325 e. The van der Waals surface area contributed by atoms with Gasteiger partial charge in [0.25, 0.3) is 5.91 Å². The first-order valence-electron chi connectivity index (χ1n) is 6.11. The van der Waals surface area contributed by atoms with Gasteiger partial charge in [-0.05, 0) is 32.4 Å². The average Bonchev–Trinajstić information content (AvgIpc) is 2.37. The van der Waals surface area contributed by atoms with Gasteiger partial charge in [-0.2, -0.15) is 0 Å². The van der Waals surface area contributed by atoms with Crippen molar-refractivity contribution in [3.8, 4) is 0 Å². The standard InChI is InChI=1S/C14H20N2O3/c1-9(2)16(8-12(17)19-4)14(18)11-7-5-6-10(3)13(11)15/h5-7,9H,8,15H2,1-4H3. The van der Waals surface area contributed by atoms with Crippen molar-refractivity contribution in [3.63, 3.8) is 0 Å². The molecule has 0 saturated heterocycles. The Bertz CT molecular complexity index is 484. The molecule has 1 amide bonds. The van der Waals surface area contributed by atoms with Crippen LogP contribution in [0, 0.1) is 6.92 Å². The number of carbonyl (C=O) groups is 2. The molecule has 1 rings (SSSR count). The van der Waals surface area contributed by atoms with E-state index in [1.165, 1.54) is 12.0 Å². The van der Waals surface area contributed by atoms with Gasteiger partial charge in [0.1, 0.15) is 6.54 Å². The Hall–Kier alpha value is -2.04. The van der Waals surface area contributed by atoms with Gasteiger partial charge in [-0.15, -0.1) is 0 Å². The van der Waals surface area contributed by atoms with Gasteiger partial charge in [-0.3, -0.25) is 9.59 Å². The molecular weight excluding hydrogens is 244 g/mol. The molecular formula is C14H20N2O3. The average molecular weight is 264 g/mol. The van der Waals surface area contributed by atoms with Crippen molar-refractivity contribution in [2.45, 2.75) is 26.8 Å². The van der Waals surface area contributed by atoms with Crippen LogP contribution in [-0.2, 0) is 9.53 Å². The summed E-state index contributed by atoms with van der Waals surface area (Å²) in [4.78, 5) is 25.3. The van der Waals surface area contributed by atoms with Gasteiger partial charge in [-0.25, -0.2) is 0 Å². The van der Waals surface area contributed by atoms with E-state index in [1.807, 2.05) is 26.8 Å². The van der Waals surface area contributed by atoms with Crippen molar-refractivity contribution >= 4 is 17.6 Å². The van der Waals surface area contributed by atoms with E-state index in [1.54, 1.807) is 12.1 Å². The monoisotopic (exact) mass is 264 g/mol. The number of para-hydroxylation sites is 1. The number of benzene rings is 1. The largest absolute Gasteiger partial charge is 0.468 e. The van der Waals surface area contributed by atoms with E-state index in [2.05, 4.69) is 4.74 Å². The fourth-order valence-corrected chi connectivity index (χ4v) is 1.71. The van der Waals surface area contributed by atoms with Gasteiger partial charge < -0.3 is 15.4 Å². The molecule has 0 unspecified atom stereocenters. The van der Waals surface area contributed by atoms with E-state index < -0.39 is 5.97 Å². The molecule has 1 aromatic carbocycles. The van der Waals surface area contributed by atoms with Crippen LogP contribution in [0.2, 0.25) is 0 Å². The van der Waals surface area contributed by atoms with E-state index in [-0.39, 0.29) is 18.5 Å². The number of nitrogens with two attached hydrogens (primary N) is 1. The molecule has 0 spiro atoms.